The summed E-state index contributed by atoms with van der Waals surface area (Å²) in [6.45, 7) is 7.44. The number of phenolic OH excluding ortho intramolecular Hbond substituents is 3. The monoisotopic (exact) mass is 586 g/mol. The van der Waals surface area contributed by atoms with Gasteiger partial charge < -0.3 is 55.1 Å². The number of aromatic hydroxyl groups is 3. The second-order valence-electron chi connectivity index (χ2n) is 12.4. The molecule has 1 aromatic rings. The van der Waals surface area contributed by atoms with Crippen LogP contribution >= 0.6 is 0 Å². The third kappa shape index (κ3) is 5.91. The molecule has 1 aliphatic carbocycles. The van der Waals surface area contributed by atoms with Crippen LogP contribution in [0.1, 0.15) is 58.3 Å². The van der Waals surface area contributed by atoms with Gasteiger partial charge in [-0.2, -0.15) is 0 Å². The molecule has 7 atom stereocenters. The number of ketones is 2. The number of benzene rings is 1. The lowest BCUT2D eigenvalue weighted by Gasteiger charge is -2.54. The highest BCUT2D eigenvalue weighted by molar-refractivity contribution is 6.14. The van der Waals surface area contributed by atoms with E-state index in [2.05, 4.69) is 0 Å². The van der Waals surface area contributed by atoms with E-state index in [0.717, 1.165) is 12.1 Å². The summed E-state index contributed by atoms with van der Waals surface area (Å²) in [4.78, 5) is 39.3. The number of carbonyl (C=O) groups is 3. The Morgan fingerprint density at radius 1 is 0.951 bits per heavy atom. The fourth-order valence-electron chi connectivity index (χ4n) is 5.66. The Balaban J connectivity index is 1.89. The molecule has 1 saturated carbocycles. The van der Waals surface area contributed by atoms with Crippen molar-refractivity contribution >= 4 is 17.5 Å². The highest BCUT2D eigenvalue weighted by atomic mass is 16.7. The summed E-state index contributed by atoms with van der Waals surface area (Å²) in [5.41, 5.74) is -7.72. The Bertz CT molecular complexity index is 1180. The van der Waals surface area contributed by atoms with Crippen LogP contribution in [0, 0.1) is 10.8 Å². The molecule has 1 saturated heterocycles. The minimum absolute atomic E-state index is 0.378. The summed E-state index contributed by atoms with van der Waals surface area (Å²) < 4.78 is 16.5. The summed E-state index contributed by atoms with van der Waals surface area (Å²) >= 11 is 0. The molecule has 3 rings (SSSR count). The second kappa shape index (κ2) is 10.8. The van der Waals surface area contributed by atoms with E-state index in [1.165, 1.54) is 41.5 Å². The molecule has 0 unspecified atom stereocenters. The topological polar surface area (TPSA) is 241 Å². The smallest absolute Gasteiger partial charge is 0.338 e. The van der Waals surface area contributed by atoms with E-state index in [1.54, 1.807) is 0 Å². The van der Waals surface area contributed by atoms with Crippen LogP contribution in [0.3, 0.4) is 0 Å². The molecule has 0 radical (unpaired) electrons. The number of rotatable bonds is 7. The van der Waals surface area contributed by atoms with Crippen molar-refractivity contribution in [3.05, 3.63) is 17.7 Å². The van der Waals surface area contributed by atoms with E-state index in [-0.39, 0.29) is 5.56 Å². The predicted octanol–water partition coefficient (Wildman–Crippen LogP) is -0.751. The summed E-state index contributed by atoms with van der Waals surface area (Å²) in [6, 6.07) is 1.62. The molecule has 1 aromatic carbocycles. The summed E-state index contributed by atoms with van der Waals surface area (Å²) in [5.74, 6) is -5.14. The van der Waals surface area contributed by atoms with Gasteiger partial charge in [-0.3, -0.25) is 9.59 Å². The van der Waals surface area contributed by atoms with Gasteiger partial charge in [0.05, 0.1) is 22.0 Å². The number of aliphatic hydroxyl groups excluding tert-OH is 3. The summed E-state index contributed by atoms with van der Waals surface area (Å²) in [5, 5.41) is 82.6. The molecule has 0 spiro atoms. The Kier molecular flexibility index (Phi) is 8.58. The molecule has 2 aliphatic rings. The van der Waals surface area contributed by atoms with Gasteiger partial charge in [-0.05, 0) is 39.8 Å². The molecule has 14 nitrogen and oxygen atoms in total. The summed E-state index contributed by atoms with van der Waals surface area (Å²) in [6.07, 6.45) is -11.4. The van der Waals surface area contributed by atoms with E-state index in [0.29, 0.717) is 0 Å². The van der Waals surface area contributed by atoms with E-state index >= 15 is 0 Å². The van der Waals surface area contributed by atoms with Crippen molar-refractivity contribution in [3.8, 4) is 17.2 Å². The van der Waals surface area contributed by atoms with Crippen molar-refractivity contribution in [2.24, 2.45) is 10.8 Å². The second-order valence-corrected chi connectivity index (χ2v) is 12.4. The lowest BCUT2D eigenvalue weighted by atomic mass is 9.54. The first kappa shape index (κ1) is 32.7. The van der Waals surface area contributed by atoms with Crippen molar-refractivity contribution in [2.75, 3.05) is 6.61 Å². The van der Waals surface area contributed by atoms with Gasteiger partial charge in [0.25, 0.3) is 0 Å². The predicted molar refractivity (Wildman–Crippen MR) is 137 cm³/mol. The number of phenols is 3. The first-order valence-corrected chi connectivity index (χ1v) is 12.9. The van der Waals surface area contributed by atoms with Crippen molar-refractivity contribution in [1.29, 1.82) is 0 Å². The standard InChI is InChI=1S/C27H38O14/c1-24(2,37)10-27(38)22(36)25(3,4)21(35)26(5,6)23(27)41-20-18(33)17(32)16(31)14(40-20)9-39-19(34)11-7-12(28)15(30)13(29)8-11/h7-8,14,16-18,20,23,28-33,37-38H,9-10H2,1-6H3/t14-,16-,17+,18-,20+,23+,27-/m1/s1. The van der Waals surface area contributed by atoms with E-state index in [4.69, 9.17) is 14.2 Å². The van der Waals surface area contributed by atoms with Crippen LogP contribution in [0.25, 0.3) is 0 Å². The average Bonchev–Trinajstić information content (AvgIpc) is 2.85. The Morgan fingerprint density at radius 3 is 2.00 bits per heavy atom. The maximum atomic E-state index is 13.5. The van der Waals surface area contributed by atoms with Gasteiger partial charge in [-0.1, -0.05) is 13.8 Å². The summed E-state index contributed by atoms with van der Waals surface area (Å²) in [7, 11) is 0. The van der Waals surface area contributed by atoms with Crippen LogP contribution in [-0.2, 0) is 23.8 Å². The molecule has 1 heterocycles. The number of hydrogen-bond acceptors (Lipinski definition) is 14. The normalized spacial score (nSPS) is 33.4. The maximum absolute atomic E-state index is 13.5. The highest BCUT2D eigenvalue weighted by Gasteiger charge is 2.67. The number of hydrogen-bond donors (Lipinski definition) is 8. The number of Topliss-reactive ketones (excluding diaryl/α,β-unsaturated/α-hetero) is 2. The van der Waals surface area contributed by atoms with Crippen molar-refractivity contribution < 1.29 is 69.4 Å². The number of aliphatic hydroxyl groups is 5. The number of esters is 1. The zero-order chi connectivity index (χ0) is 31.5. The van der Waals surface area contributed by atoms with Crippen LogP contribution in [0.5, 0.6) is 17.2 Å². The number of ether oxygens (including phenoxy) is 3. The molecule has 8 N–H and O–H groups in total. The Labute approximate surface area is 235 Å². The largest absolute Gasteiger partial charge is 0.504 e. The van der Waals surface area contributed by atoms with E-state index in [1.807, 2.05) is 0 Å². The van der Waals surface area contributed by atoms with Crippen molar-refractivity contribution in [1.82, 2.24) is 0 Å². The molecule has 230 valence electrons. The molecule has 1 aliphatic heterocycles. The SMILES string of the molecule is CC(C)(O)C[C@@]1(O)C(=O)C(C)(C)C(=O)C(C)(C)[C@@H]1O[C@@H]1O[C@H](COC(=O)c2cc(O)c(O)c(O)c2)[C@@H](O)[C@H](O)[C@H]1O. The molecule has 0 bridgehead atoms. The van der Waals surface area contributed by atoms with E-state index < -0.39 is 107 Å². The minimum Gasteiger partial charge on any atom is -0.504 e. The van der Waals surface area contributed by atoms with Crippen molar-refractivity contribution in [3.63, 3.8) is 0 Å². The Morgan fingerprint density at radius 2 is 1.49 bits per heavy atom. The van der Waals surface area contributed by atoms with Crippen LogP contribution in [0.4, 0.5) is 0 Å². The zero-order valence-corrected chi connectivity index (χ0v) is 23.6. The van der Waals surface area contributed by atoms with Gasteiger partial charge in [0.1, 0.15) is 37.1 Å². The highest BCUT2D eigenvalue weighted by Crippen LogP contribution is 2.50. The van der Waals surface area contributed by atoms with Crippen LogP contribution in [-0.4, -0.2) is 113 Å². The lowest BCUT2D eigenvalue weighted by molar-refractivity contribution is -0.333. The lowest BCUT2D eigenvalue weighted by Crippen LogP contribution is -2.72. The molecule has 0 aromatic heterocycles. The van der Waals surface area contributed by atoms with Crippen LogP contribution in [0.15, 0.2) is 12.1 Å². The van der Waals surface area contributed by atoms with Gasteiger partial charge in [-0.15, -0.1) is 0 Å². The van der Waals surface area contributed by atoms with Gasteiger partial charge in [-0.25, -0.2) is 4.79 Å². The molecular weight excluding hydrogens is 548 g/mol. The van der Waals surface area contributed by atoms with Gasteiger partial charge in [0.2, 0.25) is 0 Å². The van der Waals surface area contributed by atoms with Gasteiger partial charge >= 0.3 is 5.97 Å². The molecule has 0 amide bonds. The molecule has 41 heavy (non-hydrogen) atoms. The van der Waals surface area contributed by atoms with Crippen molar-refractivity contribution in [2.45, 2.75) is 96.0 Å². The van der Waals surface area contributed by atoms with Crippen LogP contribution < -0.4 is 0 Å². The quantitative estimate of drug-likeness (QED) is 0.111. The zero-order valence-electron chi connectivity index (χ0n) is 23.6. The van der Waals surface area contributed by atoms with Crippen LogP contribution in [0.2, 0.25) is 0 Å². The molecular formula is C27H38O14. The molecule has 2 fully saturated rings. The minimum atomic E-state index is -2.46. The fraction of sp³-hybridized carbons (Fsp3) is 0.667. The Hall–Kier alpha value is -2.85. The van der Waals surface area contributed by atoms with Gasteiger partial charge in [0, 0.05) is 6.42 Å². The fourth-order valence-corrected chi connectivity index (χ4v) is 5.66. The maximum Gasteiger partial charge on any atom is 0.338 e. The van der Waals surface area contributed by atoms with Gasteiger partial charge in [0.15, 0.2) is 40.7 Å². The first-order chi connectivity index (χ1) is 18.6. The van der Waals surface area contributed by atoms with E-state index in [9.17, 15) is 55.2 Å². The molecule has 14 heteroatoms. The first-order valence-electron chi connectivity index (χ1n) is 12.9. The number of carbonyl (C=O) groups excluding carboxylic acids is 3. The third-order valence-electron chi connectivity index (χ3n) is 7.53. The average molecular weight is 587 g/mol. The third-order valence-corrected chi connectivity index (χ3v) is 7.53.